The van der Waals surface area contributed by atoms with Crippen molar-refractivity contribution in [3.8, 4) is 11.5 Å². The van der Waals surface area contributed by atoms with Gasteiger partial charge in [-0.25, -0.2) is 0 Å². The van der Waals surface area contributed by atoms with E-state index in [-0.39, 0.29) is 12.5 Å². The highest BCUT2D eigenvalue weighted by atomic mass is 16.5. The first-order chi connectivity index (χ1) is 14.2. The molecule has 0 N–H and O–H groups in total. The Morgan fingerprint density at radius 3 is 2.72 bits per heavy atom. The lowest BCUT2D eigenvalue weighted by Crippen LogP contribution is -2.44. The second-order valence-electron chi connectivity index (χ2n) is 7.41. The van der Waals surface area contributed by atoms with Crippen molar-refractivity contribution in [1.29, 1.82) is 0 Å². The van der Waals surface area contributed by atoms with Crippen LogP contribution >= 0.6 is 0 Å². The predicted molar refractivity (Wildman–Crippen MR) is 108 cm³/mol. The number of ether oxygens (including phenoxy) is 3. The summed E-state index contributed by atoms with van der Waals surface area (Å²) in [5, 5.41) is 0. The molecule has 154 valence electrons. The molecule has 7 heteroatoms. The summed E-state index contributed by atoms with van der Waals surface area (Å²) in [6.07, 6.45) is 1.85. The minimum Gasteiger partial charge on any atom is -0.493 e. The molecule has 2 saturated heterocycles. The molecule has 29 heavy (non-hydrogen) atoms. The van der Waals surface area contributed by atoms with Crippen LogP contribution in [0.25, 0.3) is 0 Å². The third-order valence-corrected chi connectivity index (χ3v) is 5.41. The second-order valence-corrected chi connectivity index (χ2v) is 7.41. The average Bonchev–Trinajstić information content (AvgIpc) is 2.75. The normalized spacial score (nSPS) is 17.6. The Hall–Kier alpha value is -2.64. The number of likely N-dealkylation sites (tertiary alicyclic amines) is 1. The Morgan fingerprint density at radius 1 is 1.17 bits per heavy atom. The Kier molecular flexibility index (Phi) is 6.27. The molecule has 2 aromatic rings. The van der Waals surface area contributed by atoms with E-state index in [2.05, 4.69) is 16.0 Å². The van der Waals surface area contributed by atoms with Gasteiger partial charge in [0.25, 0.3) is 5.91 Å². The molecule has 0 atom stereocenters. The largest absolute Gasteiger partial charge is 0.493 e. The molecule has 1 aromatic heterocycles. The molecule has 1 amide bonds. The highest BCUT2D eigenvalue weighted by Crippen LogP contribution is 2.31. The lowest BCUT2D eigenvalue weighted by Gasteiger charge is -2.39. The minimum atomic E-state index is -0.0272. The Labute approximate surface area is 171 Å². The van der Waals surface area contributed by atoms with Crippen molar-refractivity contribution in [2.75, 3.05) is 53.1 Å². The Bertz CT molecular complexity index is 818. The van der Waals surface area contributed by atoms with Gasteiger partial charge in [-0.15, -0.1) is 0 Å². The van der Waals surface area contributed by atoms with Crippen molar-refractivity contribution in [1.82, 2.24) is 14.8 Å². The van der Waals surface area contributed by atoms with E-state index in [1.807, 2.05) is 36.5 Å². The van der Waals surface area contributed by atoms with Gasteiger partial charge >= 0.3 is 0 Å². The molecule has 2 fully saturated rings. The molecule has 2 aliphatic heterocycles. The van der Waals surface area contributed by atoms with E-state index in [1.165, 1.54) is 0 Å². The number of morpholine rings is 1. The molecule has 1 aromatic carbocycles. The molecule has 0 bridgehead atoms. The first-order valence-corrected chi connectivity index (χ1v) is 10.0. The summed E-state index contributed by atoms with van der Waals surface area (Å²) in [7, 11) is 1.62. The standard InChI is InChI=1S/C22H27N3O4/c1-27-21-12-17(13-24-14-18(15-24)19-4-2-3-7-23-19)5-6-20(21)29-16-22(26)25-8-10-28-11-9-25/h2-7,12,18H,8-11,13-16H2,1H3. The average molecular weight is 397 g/mol. The van der Waals surface area contributed by atoms with Crippen molar-refractivity contribution in [3.63, 3.8) is 0 Å². The van der Waals surface area contributed by atoms with Gasteiger partial charge in [-0.05, 0) is 29.8 Å². The molecule has 4 rings (SSSR count). The molecule has 7 nitrogen and oxygen atoms in total. The number of amides is 1. The summed E-state index contributed by atoms with van der Waals surface area (Å²) in [6.45, 7) is 5.28. The maximum absolute atomic E-state index is 12.3. The predicted octanol–water partition coefficient (Wildman–Crippen LogP) is 1.93. The Balaban J connectivity index is 1.29. The number of benzene rings is 1. The smallest absolute Gasteiger partial charge is 0.260 e. The molecule has 0 radical (unpaired) electrons. The van der Waals surface area contributed by atoms with Gasteiger partial charge in [0.05, 0.1) is 20.3 Å². The van der Waals surface area contributed by atoms with Crippen LogP contribution in [0.5, 0.6) is 11.5 Å². The highest BCUT2D eigenvalue weighted by Gasteiger charge is 2.29. The quantitative estimate of drug-likeness (QED) is 0.711. The van der Waals surface area contributed by atoms with Crippen LogP contribution in [-0.2, 0) is 16.1 Å². The van der Waals surface area contributed by atoms with Crippen LogP contribution in [0.1, 0.15) is 17.2 Å². The lowest BCUT2D eigenvalue weighted by atomic mass is 9.95. The van der Waals surface area contributed by atoms with Crippen LogP contribution in [0.4, 0.5) is 0 Å². The number of aromatic nitrogens is 1. The summed E-state index contributed by atoms with van der Waals surface area (Å²) < 4.78 is 16.5. The molecular weight excluding hydrogens is 370 g/mol. The van der Waals surface area contributed by atoms with E-state index in [1.54, 1.807) is 12.0 Å². The fourth-order valence-electron chi connectivity index (χ4n) is 3.73. The number of nitrogens with zero attached hydrogens (tertiary/aromatic N) is 3. The summed E-state index contributed by atoms with van der Waals surface area (Å²) >= 11 is 0. The van der Waals surface area contributed by atoms with E-state index in [0.29, 0.717) is 43.7 Å². The van der Waals surface area contributed by atoms with Gasteiger partial charge in [0.15, 0.2) is 18.1 Å². The molecule has 2 aliphatic rings. The van der Waals surface area contributed by atoms with Gasteiger partial charge in [-0.1, -0.05) is 12.1 Å². The maximum Gasteiger partial charge on any atom is 0.260 e. The number of hydrogen-bond donors (Lipinski definition) is 0. The van der Waals surface area contributed by atoms with Crippen molar-refractivity contribution >= 4 is 5.91 Å². The van der Waals surface area contributed by atoms with Crippen molar-refractivity contribution in [2.45, 2.75) is 12.5 Å². The van der Waals surface area contributed by atoms with Gasteiger partial charge in [0, 0.05) is 50.5 Å². The zero-order chi connectivity index (χ0) is 20.1. The third kappa shape index (κ3) is 4.86. The first kappa shape index (κ1) is 19.7. The summed E-state index contributed by atoms with van der Waals surface area (Å²) in [5.74, 6) is 1.72. The fourth-order valence-corrected chi connectivity index (χ4v) is 3.73. The number of carbonyl (C=O) groups is 1. The minimum absolute atomic E-state index is 0.00753. The molecule has 0 unspecified atom stereocenters. The maximum atomic E-state index is 12.3. The number of hydrogen-bond acceptors (Lipinski definition) is 6. The highest BCUT2D eigenvalue weighted by molar-refractivity contribution is 5.78. The first-order valence-electron chi connectivity index (χ1n) is 10.0. The molecule has 0 aliphatic carbocycles. The van der Waals surface area contributed by atoms with Crippen LogP contribution in [-0.4, -0.2) is 73.8 Å². The second kappa shape index (κ2) is 9.24. The van der Waals surface area contributed by atoms with Crippen molar-refractivity contribution < 1.29 is 19.0 Å². The molecule has 0 saturated carbocycles. The zero-order valence-electron chi connectivity index (χ0n) is 16.8. The van der Waals surface area contributed by atoms with Gasteiger partial charge in [0.2, 0.25) is 0 Å². The van der Waals surface area contributed by atoms with Crippen LogP contribution in [0.2, 0.25) is 0 Å². The van der Waals surface area contributed by atoms with Crippen molar-refractivity contribution in [2.24, 2.45) is 0 Å². The number of rotatable bonds is 7. The van der Waals surface area contributed by atoms with Crippen LogP contribution in [0, 0.1) is 0 Å². The van der Waals surface area contributed by atoms with Crippen LogP contribution < -0.4 is 9.47 Å². The summed E-state index contributed by atoms with van der Waals surface area (Å²) in [4.78, 5) is 20.9. The topological polar surface area (TPSA) is 64.1 Å². The summed E-state index contributed by atoms with van der Waals surface area (Å²) in [6, 6.07) is 12.0. The SMILES string of the molecule is COc1cc(CN2CC(c3ccccn3)C2)ccc1OCC(=O)N1CCOCC1. The lowest BCUT2D eigenvalue weighted by molar-refractivity contribution is -0.137. The van der Waals surface area contributed by atoms with Gasteiger partial charge < -0.3 is 19.1 Å². The van der Waals surface area contributed by atoms with E-state index in [4.69, 9.17) is 14.2 Å². The molecule has 3 heterocycles. The zero-order valence-corrected chi connectivity index (χ0v) is 16.8. The van der Waals surface area contributed by atoms with Gasteiger partial charge in [0.1, 0.15) is 0 Å². The van der Waals surface area contributed by atoms with Crippen LogP contribution in [0.15, 0.2) is 42.6 Å². The summed E-state index contributed by atoms with van der Waals surface area (Å²) in [5.41, 5.74) is 2.32. The Morgan fingerprint density at radius 2 is 2.00 bits per heavy atom. The fraction of sp³-hybridized carbons (Fsp3) is 0.455. The molecular formula is C22H27N3O4. The van der Waals surface area contributed by atoms with Gasteiger partial charge in [-0.3, -0.25) is 14.7 Å². The van der Waals surface area contributed by atoms with E-state index in [9.17, 15) is 4.79 Å². The third-order valence-electron chi connectivity index (χ3n) is 5.41. The van der Waals surface area contributed by atoms with Crippen molar-refractivity contribution in [3.05, 3.63) is 53.9 Å². The van der Waals surface area contributed by atoms with Gasteiger partial charge in [-0.2, -0.15) is 0 Å². The number of methoxy groups -OCH3 is 1. The van der Waals surface area contributed by atoms with E-state index >= 15 is 0 Å². The van der Waals surface area contributed by atoms with E-state index in [0.717, 1.165) is 30.9 Å². The number of pyridine rings is 1. The van der Waals surface area contributed by atoms with E-state index < -0.39 is 0 Å². The monoisotopic (exact) mass is 397 g/mol. The number of carbonyl (C=O) groups excluding carboxylic acids is 1. The molecule has 0 spiro atoms. The van der Waals surface area contributed by atoms with Crippen LogP contribution in [0.3, 0.4) is 0 Å².